The summed E-state index contributed by atoms with van der Waals surface area (Å²) in [5.74, 6) is 0.261. The quantitative estimate of drug-likeness (QED) is 0.492. The van der Waals surface area contributed by atoms with E-state index >= 15 is 0 Å². The molecule has 0 bridgehead atoms. The molecule has 1 N–H and O–H groups in total. The van der Waals surface area contributed by atoms with Crippen LogP contribution in [-0.4, -0.2) is 17.6 Å². The van der Waals surface area contributed by atoms with Crippen LogP contribution in [0.4, 0.5) is 5.69 Å². The molecule has 140 valence electrons. The third kappa shape index (κ3) is 4.08. The molecular formula is C22H18ClN3O2. The van der Waals surface area contributed by atoms with E-state index in [0.717, 1.165) is 17.0 Å². The summed E-state index contributed by atoms with van der Waals surface area (Å²) < 4.78 is 7.06. The zero-order valence-corrected chi connectivity index (χ0v) is 16.2. The second-order valence-corrected chi connectivity index (χ2v) is 6.44. The highest BCUT2D eigenvalue weighted by atomic mass is 35.5. The number of nitrogens with zero attached hydrogens (tertiary/aromatic N) is 2. The monoisotopic (exact) mass is 391 g/mol. The SMILES string of the molecule is COc1ccc(-n2cccc2/C=C(/C#N)C(=O)Nc2cccc(Cl)c2C)cc1. The van der Waals surface area contributed by atoms with Crippen LogP contribution in [0.2, 0.25) is 5.02 Å². The first-order valence-electron chi connectivity index (χ1n) is 8.53. The maximum atomic E-state index is 12.6. The van der Waals surface area contributed by atoms with Crippen LogP contribution < -0.4 is 10.1 Å². The van der Waals surface area contributed by atoms with Gasteiger partial charge in [0.2, 0.25) is 0 Å². The van der Waals surface area contributed by atoms with E-state index in [-0.39, 0.29) is 5.57 Å². The lowest BCUT2D eigenvalue weighted by Gasteiger charge is -2.10. The minimum atomic E-state index is -0.490. The van der Waals surface area contributed by atoms with Gasteiger partial charge in [-0.15, -0.1) is 0 Å². The van der Waals surface area contributed by atoms with Crippen molar-refractivity contribution in [3.05, 3.63) is 82.6 Å². The number of carbonyl (C=O) groups is 1. The Bertz CT molecular complexity index is 1080. The molecule has 3 aromatic rings. The molecule has 0 saturated heterocycles. The Balaban J connectivity index is 1.89. The number of ether oxygens (including phenoxy) is 1. The number of benzene rings is 2. The summed E-state index contributed by atoms with van der Waals surface area (Å²) in [7, 11) is 1.61. The molecule has 1 aromatic heterocycles. The molecular weight excluding hydrogens is 374 g/mol. The lowest BCUT2D eigenvalue weighted by Crippen LogP contribution is -2.14. The second-order valence-electron chi connectivity index (χ2n) is 6.04. The summed E-state index contributed by atoms with van der Waals surface area (Å²) in [5, 5.41) is 12.8. The van der Waals surface area contributed by atoms with Crippen molar-refractivity contribution in [2.45, 2.75) is 6.92 Å². The smallest absolute Gasteiger partial charge is 0.266 e. The molecule has 0 atom stereocenters. The number of halogens is 1. The molecule has 28 heavy (non-hydrogen) atoms. The van der Waals surface area contributed by atoms with E-state index in [1.54, 1.807) is 31.4 Å². The van der Waals surface area contributed by atoms with E-state index in [0.29, 0.717) is 16.4 Å². The molecule has 0 aliphatic carbocycles. The summed E-state index contributed by atoms with van der Waals surface area (Å²) in [6, 6.07) is 18.4. The Morgan fingerprint density at radius 3 is 2.61 bits per heavy atom. The third-order valence-electron chi connectivity index (χ3n) is 4.30. The highest BCUT2D eigenvalue weighted by molar-refractivity contribution is 6.31. The lowest BCUT2D eigenvalue weighted by molar-refractivity contribution is -0.112. The summed E-state index contributed by atoms with van der Waals surface area (Å²) in [4.78, 5) is 12.6. The summed E-state index contributed by atoms with van der Waals surface area (Å²) >= 11 is 6.09. The molecule has 0 radical (unpaired) electrons. The predicted octanol–water partition coefficient (Wildman–Crippen LogP) is 4.99. The van der Waals surface area contributed by atoms with Crippen molar-refractivity contribution in [3.63, 3.8) is 0 Å². The number of nitriles is 1. The van der Waals surface area contributed by atoms with Gasteiger partial charge in [0.1, 0.15) is 17.4 Å². The molecule has 0 saturated carbocycles. The zero-order chi connectivity index (χ0) is 20.1. The molecule has 0 aliphatic heterocycles. The van der Waals surface area contributed by atoms with Crippen LogP contribution in [0.5, 0.6) is 5.75 Å². The Morgan fingerprint density at radius 2 is 1.93 bits per heavy atom. The molecule has 5 nitrogen and oxygen atoms in total. The molecule has 3 rings (SSSR count). The van der Waals surface area contributed by atoms with Crippen LogP contribution in [0.3, 0.4) is 0 Å². The largest absolute Gasteiger partial charge is 0.497 e. The number of methoxy groups -OCH3 is 1. The fourth-order valence-corrected chi connectivity index (χ4v) is 2.89. The number of anilines is 1. The first kappa shape index (κ1) is 19.3. The van der Waals surface area contributed by atoms with Gasteiger partial charge in [0.15, 0.2) is 0 Å². The van der Waals surface area contributed by atoms with E-state index < -0.39 is 5.91 Å². The van der Waals surface area contributed by atoms with Gasteiger partial charge in [-0.1, -0.05) is 17.7 Å². The van der Waals surface area contributed by atoms with E-state index in [2.05, 4.69) is 5.32 Å². The summed E-state index contributed by atoms with van der Waals surface area (Å²) in [5.41, 5.74) is 2.91. The number of hydrogen-bond acceptors (Lipinski definition) is 3. The van der Waals surface area contributed by atoms with E-state index in [1.165, 1.54) is 0 Å². The molecule has 0 fully saturated rings. The molecule has 0 aliphatic rings. The van der Waals surface area contributed by atoms with Gasteiger partial charge in [0, 0.05) is 28.3 Å². The number of carbonyl (C=O) groups excluding carboxylic acids is 1. The first-order valence-corrected chi connectivity index (χ1v) is 8.91. The first-order chi connectivity index (χ1) is 13.5. The van der Waals surface area contributed by atoms with Crippen molar-refractivity contribution >= 4 is 29.3 Å². The Labute approximate surface area is 168 Å². The van der Waals surface area contributed by atoms with Crippen molar-refractivity contribution < 1.29 is 9.53 Å². The van der Waals surface area contributed by atoms with Gasteiger partial charge in [-0.25, -0.2) is 0 Å². The number of hydrogen-bond donors (Lipinski definition) is 1. The van der Waals surface area contributed by atoms with Crippen LogP contribution in [0, 0.1) is 18.3 Å². The number of nitrogens with one attached hydrogen (secondary N) is 1. The van der Waals surface area contributed by atoms with Gasteiger partial charge in [-0.3, -0.25) is 4.79 Å². The lowest BCUT2D eigenvalue weighted by atomic mass is 10.1. The normalized spacial score (nSPS) is 11.0. The summed E-state index contributed by atoms with van der Waals surface area (Å²) in [6.45, 7) is 1.81. The van der Waals surface area contributed by atoms with Crippen LogP contribution in [0.1, 0.15) is 11.3 Å². The van der Waals surface area contributed by atoms with Crippen LogP contribution in [0.25, 0.3) is 11.8 Å². The number of amides is 1. The van der Waals surface area contributed by atoms with Gasteiger partial charge >= 0.3 is 0 Å². The molecule has 2 aromatic carbocycles. The maximum Gasteiger partial charge on any atom is 0.266 e. The Morgan fingerprint density at radius 1 is 1.18 bits per heavy atom. The average molecular weight is 392 g/mol. The van der Waals surface area contributed by atoms with Gasteiger partial charge in [0.05, 0.1) is 7.11 Å². The van der Waals surface area contributed by atoms with Gasteiger partial charge in [-0.2, -0.15) is 5.26 Å². The molecule has 1 heterocycles. The van der Waals surface area contributed by atoms with Crippen molar-refractivity contribution in [1.29, 1.82) is 5.26 Å². The van der Waals surface area contributed by atoms with Crippen molar-refractivity contribution in [1.82, 2.24) is 4.57 Å². The number of aromatic nitrogens is 1. The molecule has 6 heteroatoms. The molecule has 1 amide bonds. The zero-order valence-electron chi connectivity index (χ0n) is 15.4. The van der Waals surface area contributed by atoms with Crippen LogP contribution in [0.15, 0.2) is 66.4 Å². The highest BCUT2D eigenvalue weighted by Crippen LogP contribution is 2.24. The molecule has 0 unspecified atom stereocenters. The maximum absolute atomic E-state index is 12.6. The van der Waals surface area contributed by atoms with Gasteiger partial charge in [-0.05, 0) is 67.1 Å². The van der Waals surface area contributed by atoms with Crippen molar-refractivity contribution in [3.8, 4) is 17.5 Å². The minimum absolute atomic E-state index is 0.00663. The predicted molar refractivity (Wildman–Crippen MR) is 111 cm³/mol. The highest BCUT2D eigenvalue weighted by Gasteiger charge is 2.13. The van der Waals surface area contributed by atoms with Gasteiger partial charge < -0.3 is 14.6 Å². The van der Waals surface area contributed by atoms with E-state index in [1.807, 2.05) is 60.2 Å². The second kappa shape index (κ2) is 8.47. The average Bonchev–Trinajstić information content (AvgIpc) is 3.17. The van der Waals surface area contributed by atoms with Crippen LogP contribution >= 0.6 is 11.6 Å². The standard InChI is InChI=1S/C22H18ClN3O2/c1-15-20(23)6-3-7-21(15)25-22(27)16(14-24)13-18-5-4-12-26(18)17-8-10-19(28-2)11-9-17/h3-13H,1-2H3,(H,25,27)/b16-13-. The number of rotatable bonds is 5. The Hall–Kier alpha value is -3.49. The van der Waals surface area contributed by atoms with Crippen LogP contribution in [-0.2, 0) is 4.79 Å². The minimum Gasteiger partial charge on any atom is -0.497 e. The van der Waals surface area contributed by atoms with Gasteiger partial charge in [0.25, 0.3) is 5.91 Å². The van der Waals surface area contributed by atoms with Crippen molar-refractivity contribution in [2.24, 2.45) is 0 Å². The summed E-state index contributed by atoms with van der Waals surface area (Å²) in [6.07, 6.45) is 3.42. The third-order valence-corrected chi connectivity index (χ3v) is 4.71. The Kier molecular flexibility index (Phi) is 5.83. The van der Waals surface area contributed by atoms with E-state index in [4.69, 9.17) is 16.3 Å². The van der Waals surface area contributed by atoms with Crippen molar-refractivity contribution in [2.75, 3.05) is 12.4 Å². The fourth-order valence-electron chi connectivity index (χ4n) is 2.72. The topological polar surface area (TPSA) is 67.0 Å². The fraction of sp³-hybridized carbons (Fsp3) is 0.0909. The van der Waals surface area contributed by atoms with E-state index in [9.17, 15) is 10.1 Å². The molecule has 0 spiro atoms.